The van der Waals surface area contributed by atoms with E-state index >= 15 is 0 Å². The second-order valence-electron chi connectivity index (χ2n) is 3.53. The van der Waals surface area contributed by atoms with Crippen molar-refractivity contribution in [3.8, 4) is 0 Å². The molecule has 0 spiro atoms. The van der Waals surface area contributed by atoms with Gasteiger partial charge in [-0.05, 0) is 26.9 Å². The van der Waals surface area contributed by atoms with Crippen molar-refractivity contribution in [3.05, 3.63) is 17.5 Å². The molecule has 0 aliphatic carbocycles. The SMILES string of the molecule is CNCCCS(=O)(=O)NCc1cc(C)on1. The number of nitrogens with zero attached hydrogens (tertiary/aromatic N) is 1. The monoisotopic (exact) mass is 247 g/mol. The van der Waals surface area contributed by atoms with Crippen LogP contribution in [0.2, 0.25) is 0 Å². The van der Waals surface area contributed by atoms with Crippen LogP contribution in [-0.2, 0) is 16.6 Å². The molecule has 1 aromatic rings. The Morgan fingerprint density at radius 1 is 1.50 bits per heavy atom. The third-order valence-electron chi connectivity index (χ3n) is 1.99. The van der Waals surface area contributed by atoms with Crippen molar-refractivity contribution in [3.63, 3.8) is 0 Å². The van der Waals surface area contributed by atoms with E-state index in [-0.39, 0.29) is 12.3 Å². The molecule has 1 rings (SSSR count). The lowest BCUT2D eigenvalue weighted by Gasteiger charge is -2.04. The number of hydrogen-bond donors (Lipinski definition) is 2. The molecule has 7 heteroatoms. The summed E-state index contributed by atoms with van der Waals surface area (Å²) in [6, 6.07) is 1.70. The van der Waals surface area contributed by atoms with E-state index in [0.29, 0.717) is 24.4 Å². The van der Waals surface area contributed by atoms with Crippen molar-refractivity contribution < 1.29 is 12.9 Å². The van der Waals surface area contributed by atoms with Gasteiger partial charge < -0.3 is 9.84 Å². The molecule has 0 fully saturated rings. The van der Waals surface area contributed by atoms with Crippen molar-refractivity contribution in [1.82, 2.24) is 15.2 Å². The Kier molecular flexibility index (Phi) is 4.91. The van der Waals surface area contributed by atoms with Gasteiger partial charge in [0.05, 0.1) is 18.0 Å². The number of aryl methyl sites for hydroxylation is 1. The van der Waals surface area contributed by atoms with Crippen LogP contribution in [0, 0.1) is 6.92 Å². The highest BCUT2D eigenvalue weighted by atomic mass is 32.2. The van der Waals surface area contributed by atoms with Gasteiger partial charge in [0, 0.05) is 6.07 Å². The minimum absolute atomic E-state index is 0.116. The Bertz CT molecular complexity index is 413. The largest absolute Gasteiger partial charge is 0.361 e. The number of rotatable bonds is 7. The lowest BCUT2D eigenvalue weighted by molar-refractivity contribution is 0.390. The standard InChI is InChI=1S/C9H17N3O3S/c1-8-6-9(12-15-8)7-11-16(13,14)5-3-4-10-2/h6,10-11H,3-5,7H2,1-2H3. The van der Waals surface area contributed by atoms with E-state index in [1.54, 1.807) is 20.0 Å². The molecule has 2 N–H and O–H groups in total. The minimum Gasteiger partial charge on any atom is -0.361 e. The van der Waals surface area contributed by atoms with Gasteiger partial charge in [-0.3, -0.25) is 0 Å². The van der Waals surface area contributed by atoms with Gasteiger partial charge in [0.15, 0.2) is 0 Å². The van der Waals surface area contributed by atoms with Gasteiger partial charge in [-0.25, -0.2) is 13.1 Å². The number of nitrogens with one attached hydrogen (secondary N) is 2. The second kappa shape index (κ2) is 5.97. The zero-order valence-electron chi connectivity index (χ0n) is 9.49. The molecule has 0 unspecified atom stereocenters. The van der Waals surface area contributed by atoms with Crippen LogP contribution in [0.4, 0.5) is 0 Å². The average molecular weight is 247 g/mol. The van der Waals surface area contributed by atoms with Crippen LogP contribution in [0.1, 0.15) is 17.9 Å². The molecule has 16 heavy (non-hydrogen) atoms. The maximum absolute atomic E-state index is 11.5. The molecule has 0 atom stereocenters. The lowest BCUT2D eigenvalue weighted by Crippen LogP contribution is -2.27. The van der Waals surface area contributed by atoms with E-state index in [4.69, 9.17) is 4.52 Å². The molecule has 92 valence electrons. The first-order chi connectivity index (χ1) is 7.53. The third-order valence-corrected chi connectivity index (χ3v) is 3.40. The van der Waals surface area contributed by atoms with Gasteiger partial charge in [-0.15, -0.1) is 0 Å². The van der Waals surface area contributed by atoms with Crippen molar-refractivity contribution in [2.45, 2.75) is 19.9 Å². The van der Waals surface area contributed by atoms with Crippen LogP contribution in [0.3, 0.4) is 0 Å². The van der Waals surface area contributed by atoms with Crippen LogP contribution in [-0.4, -0.2) is 32.9 Å². The lowest BCUT2D eigenvalue weighted by atomic mass is 10.4. The van der Waals surface area contributed by atoms with E-state index in [2.05, 4.69) is 15.2 Å². The Labute approximate surface area is 95.4 Å². The molecule has 0 aliphatic heterocycles. The molecule has 0 saturated carbocycles. The molecular weight excluding hydrogens is 230 g/mol. The summed E-state index contributed by atoms with van der Waals surface area (Å²) in [5.74, 6) is 0.786. The molecule has 6 nitrogen and oxygen atoms in total. The van der Waals surface area contributed by atoms with E-state index in [9.17, 15) is 8.42 Å². The molecule has 1 aromatic heterocycles. The van der Waals surface area contributed by atoms with E-state index in [1.165, 1.54) is 0 Å². The highest BCUT2D eigenvalue weighted by Crippen LogP contribution is 2.01. The molecule has 0 radical (unpaired) electrons. The van der Waals surface area contributed by atoms with Crippen LogP contribution in [0.15, 0.2) is 10.6 Å². The van der Waals surface area contributed by atoms with Gasteiger partial charge in [0.1, 0.15) is 5.76 Å². The van der Waals surface area contributed by atoms with E-state index in [0.717, 1.165) is 0 Å². The zero-order chi connectivity index (χ0) is 12.0. The molecule has 0 aliphatic rings. The number of hydrogen-bond acceptors (Lipinski definition) is 5. The maximum atomic E-state index is 11.5. The third kappa shape index (κ3) is 4.73. The summed E-state index contributed by atoms with van der Waals surface area (Å²) in [6.07, 6.45) is 0.587. The summed E-state index contributed by atoms with van der Waals surface area (Å²) >= 11 is 0. The summed E-state index contributed by atoms with van der Waals surface area (Å²) < 4.78 is 30.3. The van der Waals surface area contributed by atoms with E-state index < -0.39 is 10.0 Å². The summed E-state index contributed by atoms with van der Waals surface area (Å²) in [7, 11) is -1.42. The molecule has 0 aromatic carbocycles. The van der Waals surface area contributed by atoms with Crippen LogP contribution in [0.5, 0.6) is 0 Å². The predicted molar refractivity (Wildman–Crippen MR) is 60.4 cm³/mol. The fraction of sp³-hybridized carbons (Fsp3) is 0.667. The van der Waals surface area contributed by atoms with Gasteiger partial charge in [0.25, 0.3) is 0 Å². The predicted octanol–water partition coefficient (Wildman–Crippen LogP) is 0.0119. The van der Waals surface area contributed by atoms with Gasteiger partial charge in [0.2, 0.25) is 10.0 Å². The summed E-state index contributed by atoms with van der Waals surface area (Å²) in [5.41, 5.74) is 0.592. The molecule has 0 amide bonds. The zero-order valence-corrected chi connectivity index (χ0v) is 10.3. The van der Waals surface area contributed by atoms with Gasteiger partial charge in [-0.2, -0.15) is 0 Å². The Hall–Kier alpha value is -0.920. The van der Waals surface area contributed by atoms with Crippen molar-refractivity contribution >= 4 is 10.0 Å². The van der Waals surface area contributed by atoms with E-state index in [1.807, 2.05) is 0 Å². The summed E-state index contributed by atoms with van der Waals surface area (Å²) in [6.45, 7) is 2.63. The number of aromatic nitrogens is 1. The van der Waals surface area contributed by atoms with Crippen LogP contribution >= 0.6 is 0 Å². The fourth-order valence-electron chi connectivity index (χ4n) is 1.20. The summed E-state index contributed by atoms with van der Waals surface area (Å²) in [5, 5.41) is 6.60. The first kappa shape index (κ1) is 13.1. The first-order valence-electron chi connectivity index (χ1n) is 5.07. The number of sulfonamides is 1. The van der Waals surface area contributed by atoms with Gasteiger partial charge in [-0.1, -0.05) is 5.16 Å². The highest BCUT2D eigenvalue weighted by Gasteiger charge is 2.10. The minimum atomic E-state index is -3.21. The van der Waals surface area contributed by atoms with Crippen LogP contribution in [0.25, 0.3) is 0 Å². The first-order valence-corrected chi connectivity index (χ1v) is 6.73. The smallest absolute Gasteiger partial charge is 0.212 e. The van der Waals surface area contributed by atoms with Crippen LogP contribution < -0.4 is 10.0 Å². The molecular formula is C9H17N3O3S. The Morgan fingerprint density at radius 3 is 2.81 bits per heavy atom. The molecule has 0 bridgehead atoms. The molecule has 1 heterocycles. The Morgan fingerprint density at radius 2 is 2.25 bits per heavy atom. The maximum Gasteiger partial charge on any atom is 0.212 e. The quantitative estimate of drug-likeness (QED) is 0.663. The fourth-order valence-corrected chi connectivity index (χ4v) is 2.23. The molecule has 0 saturated heterocycles. The summed E-state index contributed by atoms with van der Waals surface area (Å²) in [4.78, 5) is 0. The van der Waals surface area contributed by atoms with Gasteiger partial charge >= 0.3 is 0 Å². The van der Waals surface area contributed by atoms with Crippen molar-refractivity contribution in [2.24, 2.45) is 0 Å². The topological polar surface area (TPSA) is 84.2 Å². The van der Waals surface area contributed by atoms with Crippen molar-refractivity contribution in [2.75, 3.05) is 19.3 Å². The normalized spacial score (nSPS) is 11.9. The Balaban J connectivity index is 2.36. The second-order valence-corrected chi connectivity index (χ2v) is 5.45. The average Bonchev–Trinajstić information content (AvgIpc) is 2.62. The highest BCUT2D eigenvalue weighted by molar-refractivity contribution is 7.89. The van der Waals surface area contributed by atoms with Crippen molar-refractivity contribution in [1.29, 1.82) is 0 Å².